The monoisotopic (exact) mass is 265 g/mol. The van der Waals surface area contributed by atoms with Crippen molar-refractivity contribution < 1.29 is 5.11 Å². The van der Waals surface area contributed by atoms with E-state index in [1.54, 1.807) is 4.68 Å². The van der Waals surface area contributed by atoms with E-state index in [2.05, 4.69) is 27.2 Å². The van der Waals surface area contributed by atoms with Gasteiger partial charge < -0.3 is 15.3 Å². The standard InChI is InChI=1S/C13H23N5O/c1-3-14-13(18-7-5-12(19)10-18)15-6-4-11-8-16-17(2)9-11/h8-9,12,19H,3-7,10H2,1-2H3,(H,14,15)/t12-/m1/s1. The minimum absolute atomic E-state index is 0.220. The number of hydrogen-bond donors (Lipinski definition) is 2. The molecule has 1 fully saturated rings. The molecule has 0 bridgehead atoms. The van der Waals surface area contributed by atoms with Gasteiger partial charge in [-0.2, -0.15) is 5.10 Å². The molecule has 2 heterocycles. The van der Waals surface area contributed by atoms with Crippen LogP contribution in [0.4, 0.5) is 0 Å². The second-order valence-electron chi connectivity index (χ2n) is 4.90. The highest BCUT2D eigenvalue weighted by Gasteiger charge is 2.22. The smallest absolute Gasteiger partial charge is 0.194 e. The molecule has 1 aliphatic rings. The van der Waals surface area contributed by atoms with Gasteiger partial charge in [-0.25, -0.2) is 0 Å². The minimum atomic E-state index is -0.220. The van der Waals surface area contributed by atoms with Gasteiger partial charge in [-0.3, -0.25) is 9.67 Å². The molecule has 0 unspecified atom stereocenters. The van der Waals surface area contributed by atoms with Crippen LogP contribution in [0.5, 0.6) is 0 Å². The van der Waals surface area contributed by atoms with Crippen molar-refractivity contribution in [2.75, 3.05) is 26.2 Å². The number of β-amino-alcohol motifs (C(OH)–C–C–N with tert-alkyl or cyclic N) is 1. The molecule has 2 rings (SSSR count). The van der Waals surface area contributed by atoms with E-state index in [1.807, 2.05) is 19.4 Å². The van der Waals surface area contributed by atoms with Crippen molar-refractivity contribution in [3.63, 3.8) is 0 Å². The van der Waals surface area contributed by atoms with Gasteiger partial charge in [0.1, 0.15) is 0 Å². The van der Waals surface area contributed by atoms with E-state index in [1.165, 1.54) is 5.56 Å². The maximum atomic E-state index is 9.59. The third-order valence-electron chi connectivity index (χ3n) is 3.22. The van der Waals surface area contributed by atoms with Crippen molar-refractivity contribution in [1.82, 2.24) is 20.0 Å². The zero-order valence-electron chi connectivity index (χ0n) is 11.7. The molecular formula is C13H23N5O. The van der Waals surface area contributed by atoms with Crippen molar-refractivity contribution in [3.8, 4) is 0 Å². The zero-order chi connectivity index (χ0) is 13.7. The fourth-order valence-electron chi connectivity index (χ4n) is 2.25. The van der Waals surface area contributed by atoms with E-state index in [9.17, 15) is 5.11 Å². The van der Waals surface area contributed by atoms with Crippen molar-refractivity contribution in [2.24, 2.45) is 12.0 Å². The Hall–Kier alpha value is -1.56. The summed E-state index contributed by atoms with van der Waals surface area (Å²) in [5.41, 5.74) is 1.20. The quantitative estimate of drug-likeness (QED) is 0.594. The molecule has 1 aromatic rings. The highest BCUT2D eigenvalue weighted by molar-refractivity contribution is 5.80. The van der Waals surface area contributed by atoms with E-state index in [4.69, 9.17) is 0 Å². The fraction of sp³-hybridized carbons (Fsp3) is 0.692. The second kappa shape index (κ2) is 6.56. The van der Waals surface area contributed by atoms with Gasteiger partial charge in [0.25, 0.3) is 0 Å². The summed E-state index contributed by atoms with van der Waals surface area (Å²) >= 11 is 0. The Morgan fingerprint density at radius 2 is 2.47 bits per heavy atom. The number of aliphatic hydroxyl groups excluding tert-OH is 1. The first-order valence-corrected chi connectivity index (χ1v) is 6.88. The normalized spacial score (nSPS) is 20.1. The Labute approximate surface area is 114 Å². The maximum absolute atomic E-state index is 9.59. The number of rotatable bonds is 4. The first-order valence-electron chi connectivity index (χ1n) is 6.88. The highest BCUT2D eigenvalue weighted by atomic mass is 16.3. The third kappa shape index (κ3) is 3.96. The summed E-state index contributed by atoms with van der Waals surface area (Å²) in [6, 6.07) is 0. The number of aromatic nitrogens is 2. The summed E-state index contributed by atoms with van der Waals surface area (Å²) in [5.74, 6) is 0.906. The predicted octanol–water partition coefficient (Wildman–Crippen LogP) is -0.00530. The van der Waals surface area contributed by atoms with Gasteiger partial charge in [0, 0.05) is 39.4 Å². The van der Waals surface area contributed by atoms with Crippen LogP contribution in [0.1, 0.15) is 18.9 Å². The number of guanidine groups is 1. The van der Waals surface area contributed by atoms with Crippen LogP contribution in [0.2, 0.25) is 0 Å². The molecule has 106 valence electrons. The molecule has 1 aliphatic heterocycles. The third-order valence-corrected chi connectivity index (χ3v) is 3.22. The Kier molecular flexibility index (Phi) is 4.79. The van der Waals surface area contributed by atoms with Gasteiger partial charge in [-0.1, -0.05) is 0 Å². The van der Waals surface area contributed by atoms with Crippen molar-refractivity contribution in [3.05, 3.63) is 18.0 Å². The maximum Gasteiger partial charge on any atom is 0.194 e. The van der Waals surface area contributed by atoms with Crippen molar-refractivity contribution in [2.45, 2.75) is 25.9 Å². The van der Waals surface area contributed by atoms with E-state index >= 15 is 0 Å². The molecule has 0 saturated carbocycles. The molecule has 0 aliphatic carbocycles. The van der Waals surface area contributed by atoms with E-state index in [0.29, 0.717) is 6.54 Å². The molecular weight excluding hydrogens is 242 g/mol. The Morgan fingerprint density at radius 3 is 3.05 bits per heavy atom. The SMILES string of the molecule is CCNC(=NCCc1cnn(C)c1)N1CC[C@@H](O)C1. The van der Waals surface area contributed by atoms with Crippen molar-refractivity contribution in [1.29, 1.82) is 0 Å². The van der Waals surface area contributed by atoms with Crippen molar-refractivity contribution >= 4 is 5.96 Å². The lowest BCUT2D eigenvalue weighted by Gasteiger charge is -2.20. The van der Waals surface area contributed by atoms with Gasteiger partial charge in [0.05, 0.1) is 12.3 Å². The van der Waals surface area contributed by atoms with E-state index in [0.717, 1.165) is 38.4 Å². The average molecular weight is 265 g/mol. The van der Waals surface area contributed by atoms with Crippen LogP contribution >= 0.6 is 0 Å². The van der Waals surface area contributed by atoms with Gasteiger partial charge >= 0.3 is 0 Å². The summed E-state index contributed by atoms with van der Waals surface area (Å²) in [5, 5.41) is 17.0. The fourth-order valence-corrected chi connectivity index (χ4v) is 2.25. The molecule has 0 spiro atoms. The molecule has 0 amide bonds. The molecule has 6 nitrogen and oxygen atoms in total. The average Bonchev–Trinajstić information content (AvgIpc) is 2.97. The number of aliphatic hydroxyl groups is 1. The largest absolute Gasteiger partial charge is 0.391 e. The van der Waals surface area contributed by atoms with Gasteiger partial charge in [0.15, 0.2) is 5.96 Å². The first kappa shape index (κ1) is 13.9. The minimum Gasteiger partial charge on any atom is -0.391 e. The van der Waals surface area contributed by atoms with Gasteiger partial charge in [0.2, 0.25) is 0 Å². The van der Waals surface area contributed by atoms with Gasteiger partial charge in [-0.05, 0) is 25.3 Å². The van der Waals surface area contributed by atoms with Gasteiger partial charge in [-0.15, -0.1) is 0 Å². The summed E-state index contributed by atoms with van der Waals surface area (Å²) < 4.78 is 1.81. The molecule has 0 radical (unpaired) electrons. The van der Waals surface area contributed by atoms with Crippen LogP contribution in [0.25, 0.3) is 0 Å². The number of hydrogen-bond acceptors (Lipinski definition) is 3. The number of nitrogens with one attached hydrogen (secondary N) is 1. The molecule has 1 saturated heterocycles. The van der Waals surface area contributed by atoms with Crippen LogP contribution in [0.15, 0.2) is 17.4 Å². The van der Waals surface area contributed by atoms with Crippen LogP contribution in [-0.4, -0.2) is 58.0 Å². The highest BCUT2D eigenvalue weighted by Crippen LogP contribution is 2.09. The molecule has 2 N–H and O–H groups in total. The number of nitrogens with zero attached hydrogens (tertiary/aromatic N) is 4. The number of aryl methyl sites for hydroxylation is 1. The lowest BCUT2D eigenvalue weighted by atomic mass is 10.3. The number of likely N-dealkylation sites (tertiary alicyclic amines) is 1. The zero-order valence-corrected chi connectivity index (χ0v) is 11.7. The summed E-state index contributed by atoms with van der Waals surface area (Å²) in [6.07, 6.45) is 5.39. The van der Waals surface area contributed by atoms with Crippen LogP contribution in [0, 0.1) is 0 Å². The topological polar surface area (TPSA) is 65.7 Å². The molecule has 0 aromatic carbocycles. The molecule has 1 atom stereocenters. The lowest BCUT2D eigenvalue weighted by Crippen LogP contribution is -2.40. The predicted molar refractivity (Wildman–Crippen MR) is 75.1 cm³/mol. The number of aliphatic imine (C=N–C) groups is 1. The van der Waals surface area contributed by atoms with Crippen LogP contribution in [-0.2, 0) is 13.5 Å². The summed E-state index contributed by atoms with van der Waals surface area (Å²) in [6.45, 7) is 5.20. The summed E-state index contributed by atoms with van der Waals surface area (Å²) in [4.78, 5) is 6.74. The van der Waals surface area contributed by atoms with E-state index in [-0.39, 0.29) is 6.10 Å². The molecule has 1 aromatic heterocycles. The Bertz CT molecular complexity index is 428. The lowest BCUT2D eigenvalue weighted by molar-refractivity contribution is 0.188. The Balaban J connectivity index is 1.89. The Morgan fingerprint density at radius 1 is 1.63 bits per heavy atom. The van der Waals surface area contributed by atoms with Crippen LogP contribution in [0.3, 0.4) is 0 Å². The second-order valence-corrected chi connectivity index (χ2v) is 4.90. The summed E-state index contributed by atoms with van der Waals surface area (Å²) in [7, 11) is 1.92. The van der Waals surface area contributed by atoms with E-state index < -0.39 is 0 Å². The molecule has 6 heteroatoms. The first-order chi connectivity index (χ1) is 9.19. The molecule has 19 heavy (non-hydrogen) atoms. The van der Waals surface area contributed by atoms with Crippen LogP contribution < -0.4 is 5.32 Å².